The van der Waals surface area contributed by atoms with Crippen LogP contribution in [0.4, 0.5) is 0 Å². The summed E-state index contributed by atoms with van der Waals surface area (Å²) in [5, 5.41) is 4.81. The third-order valence-electron chi connectivity index (χ3n) is 11.6. The third kappa shape index (κ3) is 7.31. The van der Waals surface area contributed by atoms with Crippen LogP contribution in [0.2, 0.25) is 0 Å². The van der Waals surface area contributed by atoms with Gasteiger partial charge in [0.15, 0.2) is 17.5 Å². The highest BCUT2D eigenvalue weighted by Crippen LogP contribution is 2.34. The van der Waals surface area contributed by atoms with E-state index in [4.69, 9.17) is 15.0 Å². The first-order chi connectivity index (χ1) is 30.7. The van der Waals surface area contributed by atoms with Gasteiger partial charge < -0.3 is 0 Å². The molecule has 11 aromatic rings. The fourth-order valence-electron chi connectivity index (χ4n) is 8.30. The first-order valence-corrected chi connectivity index (χ1v) is 20.8. The lowest BCUT2D eigenvalue weighted by atomic mass is 9.95. The van der Waals surface area contributed by atoms with Gasteiger partial charge in [0.25, 0.3) is 0 Å². The molecule has 0 aliphatic rings. The van der Waals surface area contributed by atoms with E-state index < -0.39 is 0 Å². The first kappa shape index (κ1) is 36.7. The Hall–Kier alpha value is -8.34. The van der Waals surface area contributed by atoms with Crippen LogP contribution in [0.5, 0.6) is 0 Å². The Labute approximate surface area is 360 Å². The van der Waals surface area contributed by atoms with Gasteiger partial charge in [0.05, 0.1) is 0 Å². The largest absolute Gasteiger partial charge is 0.264 e. The summed E-state index contributed by atoms with van der Waals surface area (Å²) in [6.45, 7) is 0. The summed E-state index contributed by atoms with van der Waals surface area (Å²) in [4.78, 5) is 19.6. The van der Waals surface area contributed by atoms with Crippen molar-refractivity contribution in [2.45, 2.75) is 0 Å². The molecular weight excluding hydrogens is 753 g/mol. The second-order valence-electron chi connectivity index (χ2n) is 15.5. The van der Waals surface area contributed by atoms with E-state index in [-0.39, 0.29) is 0 Å². The lowest BCUT2D eigenvalue weighted by Gasteiger charge is -2.11. The fourth-order valence-corrected chi connectivity index (χ4v) is 8.30. The molecule has 0 atom stereocenters. The minimum Gasteiger partial charge on any atom is -0.264 e. The van der Waals surface area contributed by atoms with Gasteiger partial charge in [0.2, 0.25) is 0 Å². The molecule has 0 spiro atoms. The Morgan fingerprint density at radius 2 is 0.597 bits per heavy atom. The van der Waals surface area contributed by atoms with Crippen LogP contribution in [-0.2, 0) is 0 Å². The van der Waals surface area contributed by atoms with Crippen molar-refractivity contribution in [3.63, 3.8) is 0 Å². The number of hydrogen-bond acceptors (Lipinski definition) is 4. The summed E-state index contributed by atoms with van der Waals surface area (Å²) >= 11 is 0. The van der Waals surface area contributed by atoms with E-state index in [1.165, 1.54) is 43.8 Å². The Kier molecular flexibility index (Phi) is 9.49. The molecular formula is C58H38N4. The van der Waals surface area contributed by atoms with E-state index in [1.807, 2.05) is 24.5 Å². The van der Waals surface area contributed by atoms with Crippen LogP contribution in [-0.4, -0.2) is 19.9 Å². The molecule has 9 aromatic carbocycles. The van der Waals surface area contributed by atoms with Crippen LogP contribution in [0.15, 0.2) is 231 Å². The summed E-state index contributed by atoms with van der Waals surface area (Å²) in [7, 11) is 0. The standard InChI is InChI=1S/C58H38N4/c1-3-9-39(10-4-1)41-21-26-46(27-22-41)56-60-57(47-28-23-42(24-29-47)40-11-5-2-6-12-40)62-58(61-56)53-16-8-15-50(37-53)49-14-7-13-48(35-49)43-17-19-44(20-18-43)51-31-32-54-52(36-51)30-25-45-33-34-59-38-55(45)54/h1-38H. The summed E-state index contributed by atoms with van der Waals surface area (Å²) < 4.78 is 0. The minimum atomic E-state index is 0.622. The molecule has 0 N–H and O–H groups in total. The number of hydrogen-bond donors (Lipinski definition) is 0. The molecule has 0 radical (unpaired) electrons. The fraction of sp³-hybridized carbons (Fsp3) is 0. The van der Waals surface area contributed by atoms with Crippen molar-refractivity contribution >= 4 is 21.5 Å². The van der Waals surface area contributed by atoms with Gasteiger partial charge in [-0.15, -0.1) is 0 Å². The van der Waals surface area contributed by atoms with Gasteiger partial charge in [0, 0.05) is 34.5 Å². The quantitative estimate of drug-likeness (QED) is 0.144. The monoisotopic (exact) mass is 790 g/mol. The molecule has 0 fully saturated rings. The summed E-state index contributed by atoms with van der Waals surface area (Å²) in [5.41, 5.74) is 14.3. The van der Waals surface area contributed by atoms with E-state index in [9.17, 15) is 0 Å². The molecule has 4 heteroatoms. The molecule has 0 aliphatic heterocycles. The van der Waals surface area contributed by atoms with Crippen LogP contribution >= 0.6 is 0 Å². The van der Waals surface area contributed by atoms with Crippen molar-refractivity contribution in [1.82, 2.24) is 19.9 Å². The number of fused-ring (bicyclic) bond motifs is 3. The van der Waals surface area contributed by atoms with Crippen LogP contribution in [0, 0.1) is 0 Å². The lowest BCUT2D eigenvalue weighted by molar-refractivity contribution is 1.07. The number of rotatable bonds is 8. The van der Waals surface area contributed by atoms with Gasteiger partial charge in [0.1, 0.15) is 0 Å². The lowest BCUT2D eigenvalue weighted by Crippen LogP contribution is -2.00. The number of pyridine rings is 1. The molecule has 62 heavy (non-hydrogen) atoms. The van der Waals surface area contributed by atoms with E-state index in [0.717, 1.165) is 50.1 Å². The van der Waals surface area contributed by atoms with Gasteiger partial charge >= 0.3 is 0 Å². The van der Waals surface area contributed by atoms with Gasteiger partial charge in [-0.2, -0.15) is 0 Å². The molecule has 4 nitrogen and oxygen atoms in total. The Morgan fingerprint density at radius 1 is 0.226 bits per heavy atom. The molecule has 2 aromatic heterocycles. The average Bonchev–Trinajstić information content (AvgIpc) is 3.37. The second-order valence-corrected chi connectivity index (χ2v) is 15.5. The molecule has 0 bridgehead atoms. The molecule has 290 valence electrons. The van der Waals surface area contributed by atoms with Crippen LogP contribution in [0.1, 0.15) is 0 Å². The highest BCUT2D eigenvalue weighted by atomic mass is 15.0. The van der Waals surface area contributed by atoms with Crippen LogP contribution in [0.25, 0.3) is 111 Å². The van der Waals surface area contributed by atoms with Gasteiger partial charge in [-0.25, -0.2) is 15.0 Å². The van der Waals surface area contributed by atoms with Crippen molar-refractivity contribution in [3.05, 3.63) is 231 Å². The van der Waals surface area contributed by atoms with E-state index in [2.05, 4.69) is 211 Å². The van der Waals surface area contributed by atoms with E-state index >= 15 is 0 Å². The van der Waals surface area contributed by atoms with Gasteiger partial charge in [-0.3, -0.25) is 4.98 Å². The molecule has 11 rings (SSSR count). The predicted octanol–water partition coefficient (Wildman–Crippen LogP) is 14.9. The molecule has 0 aliphatic carbocycles. The van der Waals surface area contributed by atoms with Gasteiger partial charge in [-0.05, 0) is 96.1 Å². The predicted molar refractivity (Wildman–Crippen MR) is 256 cm³/mol. The zero-order valence-corrected chi connectivity index (χ0v) is 33.7. The highest BCUT2D eigenvalue weighted by Gasteiger charge is 2.15. The highest BCUT2D eigenvalue weighted by molar-refractivity contribution is 6.08. The molecule has 0 unspecified atom stereocenters. The molecule has 0 amide bonds. The molecule has 2 heterocycles. The minimum absolute atomic E-state index is 0.622. The summed E-state index contributed by atoms with van der Waals surface area (Å²) in [6, 6.07) is 76.9. The van der Waals surface area contributed by atoms with E-state index in [1.54, 1.807) is 0 Å². The van der Waals surface area contributed by atoms with Crippen molar-refractivity contribution in [3.8, 4) is 89.8 Å². The zero-order chi connectivity index (χ0) is 41.2. The molecule has 0 saturated heterocycles. The summed E-state index contributed by atoms with van der Waals surface area (Å²) in [5.74, 6) is 1.88. The first-order valence-electron chi connectivity index (χ1n) is 20.8. The summed E-state index contributed by atoms with van der Waals surface area (Å²) in [6.07, 6.45) is 3.80. The number of benzene rings is 9. The van der Waals surface area contributed by atoms with Crippen molar-refractivity contribution in [2.75, 3.05) is 0 Å². The number of nitrogens with zero attached hydrogens (tertiary/aromatic N) is 4. The Balaban J connectivity index is 0.913. The maximum atomic E-state index is 5.11. The Morgan fingerprint density at radius 3 is 1.15 bits per heavy atom. The smallest absolute Gasteiger partial charge is 0.164 e. The van der Waals surface area contributed by atoms with Crippen molar-refractivity contribution in [1.29, 1.82) is 0 Å². The number of aromatic nitrogens is 4. The average molecular weight is 791 g/mol. The zero-order valence-electron chi connectivity index (χ0n) is 33.7. The van der Waals surface area contributed by atoms with Crippen molar-refractivity contribution < 1.29 is 0 Å². The normalized spacial score (nSPS) is 11.2. The van der Waals surface area contributed by atoms with E-state index in [0.29, 0.717) is 17.5 Å². The van der Waals surface area contributed by atoms with Crippen molar-refractivity contribution in [2.24, 2.45) is 0 Å². The maximum Gasteiger partial charge on any atom is 0.164 e. The maximum absolute atomic E-state index is 5.11. The topological polar surface area (TPSA) is 51.6 Å². The van der Waals surface area contributed by atoms with Gasteiger partial charge in [-0.1, -0.05) is 194 Å². The SMILES string of the molecule is c1ccc(-c2ccc(-c3nc(-c4ccc(-c5ccccc5)cc4)nc(-c4cccc(-c5cccc(-c6ccc(-c7ccc8c(ccc9ccncc98)c7)cc6)c5)c4)n3)cc2)cc1. The third-order valence-corrected chi connectivity index (χ3v) is 11.6. The molecule has 0 saturated carbocycles. The Bertz CT molecular complexity index is 3260. The van der Waals surface area contributed by atoms with Crippen LogP contribution < -0.4 is 0 Å². The van der Waals surface area contributed by atoms with Crippen LogP contribution in [0.3, 0.4) is 0 Å². The second kappa shape index (κ2) is 16.0.